The molecule has 94 valence electrons. The van der Waals surface area contributed by atoms with Crippen molar-refractivity contribution in [2.75, 3.05) is 12.3 Å². The number of hydrogen-bond donors (Lipinski definition) is 3. The Bertz CT molecular complexity index is 684. The Morgan fingerprint density at radius 1 is 1.61 bits per heavy atom. The van der Waals surface area contributed by atoms with Crippen LogP contribution in [0.5, 0.6) is 0 Å². The van der Waals surface area contributed by atoms with Crippen LogP contribution >= 0.6 is 0 Å². The fraction of sp³-hybridized carbons (Fsp3) is 0.364. The largest absolute Gasteiger partial charge is 0.396 e. The lowest BCUT2D eigenvalue weighted by Gasteiger charge is -2.03. The van der Waals surface area contributed by atoms with Gasteiger partial charge in [-0.15, -0.1) is 0 Å². The van der Waals surface area contributed by atoms with Crippen LogP contribution in [0.15, 0.2) is 17.2 Å². The molecule has 3 rings (SSSR count). The lowest BCUT2D eigenvalue weighted by Crippen LogP contribution is -2.12. The molecule has 7 nitrogen and oxygen atoms in total. The van der Waals surface area contributed by atoms with Crippen LogP contribution in [0.3, 0.4) is 0 Å². The molecule has 0 amide bonds. The summed E-state index contributed by atoms with van der Waals surface area (Å²) in [4.78, 5) is 22.2. The molecule has 0 bridgehead atoms. The zero-order chi connectivity index (χ0) is 12.7. The van der Waals surface area contributed by atoms with E-state index in [0.717, 1.165) is 18.5 Å². The van der Waals surface area contributed by atoms with Crippen molar-refractivity contribution in [2.24, 2.45) is 5.92 Å². The molecule has 1 unspecified atom stereocenters. The molecule has 2 heterocycles. The number of nitrogens with zero attached hydrogens (tertiary/aromatic N) is 3. The van der Waals surface area contributed by atoms with E-state index in [9.17, 15) is 4.79 Å². The third kappa shape index (κ3) is 1.60. The zero-order valence-corrected chi connectivity index (χ0v) is 9.63. The van der Waals surface area contributed by atoms with Gasteiger partial charge in [0, 0.05) is 18.2 Å². The average molecular weight is 247 g/mol. The maximum absolute atomic E-state index is 11.6. The summed E-state index contributed by atoms with van der Waals surface area (Å²) in [6.07, 6.45) is 5.27. The number of nitrogens with two attached hydrogens (primary N) is 1. The fourth-order valence-corrected chi connectivity index (χ4v) is 2.25. The van der Waals surface area contributed by atoms with E-state index in [1.54, 1.807) is 10.9 Å². The summed E-state index contributed by atoms with van der Waals surface area (Å²) < 4.78 is 1.76. The second-order valence-electron chi connectivity index (χ2n) is 4.38. The van der Waals surface area contributed by atoms with Gasteiger partial charge in [-0.25, -0.2) is 4.98 Å². The smallest absolute Gasteiger partial charge is 0.280 e. The summed E-state index contributed by atoms with van der Waals surface area (Å²) in [5.74, 6) is 0.239. The summed E-state index contributed by atoms with van der Waals surface area (Å²) in [6, 6.07) is 0. The predicted octanol–water partition coefficient (Wildman–Crippen LogP) is -0.0550. The van der Waals surface area contributed by atoms with Gasteiger partial charge in [0.05, 0.1) is 0 Å². The number of aromatic amines is 1. The molecule has 0 radical (unpaired) electrons. The minimum absolute atomic E-state index is 0.0755. The van der Waals surface area contributed by atoms with E-state index >= 15 is 0 Å². The Kier molecular flexibility index (Phi) is 2.41. The van der Waals surface area contributed by atoms with E-state index in [1.165, 1.54) is 0 Å². The van der Waals surface area contributed by atoms with Crippen LogP contribution in [0, 0.1) is 5.92 Å². The molecule has 0 saturated heterocycles. The summed E-state index contributed by atoms with van der Waals surface area (Å²) >= 11 is 0. The predicted molar refractivity (Wildman–Crippen MR) is 66.6 cm³/mol. The highest BCUT2D eigenvalue weighted by atomic mass is 16.3. The monoisotopic (exact) mass is 247 g/mol. The number of H-pyrrole nitrogens is 1. The Balaban J connectivity index is 2.17. The van der Waals surface area contributed by atoms with Crippen LogP contribution in [0.4, 0.5) is 5.95 Å². The SMILES string of the molecule is Nc1nc2c(ncn2C2=CC(CO)CC2)c(=O)[nH]1. The molecule has 1 atom stereocenters. The van der Waals surface area contributed by atoms with E-state index < -0.39 is 0 Å². The van der Waals surface area contributed by atoms with Crippen molar-refractivity contribution in [3.05, 3.63) is 22.8 Å². The molecule has 7 heteroatoms. The molecule has 0 spiro atoms. The fourth-order valence-electron chi connectivity index (χ4n) is 2.25. The normalized spacial score (nSPS) is 19.4. The van der Waals surface area contributed by atoms with Crippen molar-refractivity contribution in [2.45, 2.75) is 12.8 Å². The van der Waals surface area contributed by atoms with Crippen LogP contribution in [0.1, 0.15) is 12.8 Å². The first kappa shape index (κ1) is 11.0. The van der Waals surface area contributed by atoms with Gasteiger partial charge in [0.1, 0.15) is 6.33 Å². The summed E-state index contributed by atoms with van der Waals surface area (Å²) in [5.41, 5.74) is 6.93. The highest BCUT2D eigenvalue weighted by Crippen LogP contribution is 2.28. The van der Waals surface area contributed by atoms with Gasteiger partial charge in [0.2, 0.25) is 5.95 Å². The molecule has 4 N–H and O–H groups in total. The first-order chi connectivity index (χ1) is 8.69. The molecule has 2 aromatic heterocycles. The molecule has 0 saturated carbocycles. The van der Waals surface area contributed by atoms with Gasteiger partial charge in [-0.2, -0.15) is 4.98 Å². The first-order valence-corrected chi connectivity index (χ1v) is 5.74. The van der Waals surface area contributed by atoms with Gasteiger partial charge in [-0.3, -0.25) is 14.3 Å². The Hall–Kier alpha value is -2.15. The Morgan fingerprint density at radius 2 is 2.44 bits per heavy atom. The van der Waals surface area contributed by atoms with Crippen molar-refractivity contribution < 1.29 is 5.11 Å². The molecule has 1 aliphatic carbocycles. The second kappa shape index (κ2) is 3.95. The van der Waals surface area contributed by atoms with Crippen LogP contribution in [-0.4, -0.2) is 31.2 Å². The number of nitrogen functional groups attached to an aromatic ring is 1. The minimum atomic E-state index is -0.339. The van der Waals surface area contributed by atoms with Gasteiger partial charge in [0.25, 0.3) is 5.56 Å². The van der Waals surface area contributed by atoms with Crippen molar-refractivity contribution in [1.82, 2.24) is 19.5 Å². The van der Waals surface area contributed by atoms with Gasteiger partial charge < -0.3 is 10.8 Å². The van der Waals surface area contributed by atoms with Crippen molar-refractivity contribution in [3.63, 3.8) is 0 Å². The molecular formula is C11H13N5O2. The van der Waals surface area contributed by atoms with Gasteiger partial charge in [0.15, 0.2) is 11.2 Å². The van der Waals surface area contributed by atoms with Crippen LogP contribution in [0.2, 0.25) is 0 Å². The third-order valence-corrected chi connectivity index (χ3v) is 3.17. The number of rotatable bonds is 2. The molecule has 2 aromatic rings. The lowest BCUT2D eigenvalue weighted by molar-refractivity contribution is 0.251. The highest BCUT2D eigenvalue weighted by Gasteiger charge is 2.19. The Morgan fingerprint density at radius 3 is 3.17 bits per heavy atom. The van der Waals surface area contributed by atoms with E-state index in [-0.39, 0.29) is 29.5 Å². The molecule has 18 heavy (non-hydrogen) atoms. The maximum atomic E-state index is 11.6. The quantitative estimate of drug-likeness (QED) is 0.689. The number of fused-ring (bicyclic) bond motifs is 1. The van der Waals surface area contributed by atoms with Gasteiger partial charge >= 0.3 is 0 Å². The third-order valence-electron chi connectivity index (χ3n) is 3.17. The zero-order valence-electron chi connectivity index (χ0n) is 9.63. The van der Waals surface area contributed by atoms with Gasteiger partial charge in [-0.05, 0) is 12.8 Å². The standard InChI is InChI=1S/C11H13N5O2/c12-11-14-9-8(10(18)15-11)13-5-16(9)7-2-1-6(3-7)4-17/h3,5-6,17H,1-2,4H2,(H3,12,14,15,18). The number of aromatic nitrogens is 4. The summed E-state index contributed by atoms with van der Waals surface area (Å²) in [7, 11) is 0. The van der Waals surface area contributed by atoms with E-state index in [1.807, 2.05) is 6.08 Å². The van der Waals surface area contributed by atoms with Crippen LogP contribution < -0.4 is 11.3 Å². The van der Waals surface area contributed by atoms with E-state index in [2.05, 4.69) is 15.0 Å². The topological polar surface area (TPSA) is 110 Å². The summed E-state index contributed by atoms with van der Waals surface area (Å²) in [5, 5.41) is 9.12. The molecular weight excluding hydrogens is 234 g/mol. The van der Waals surface area contributed by atoms with Crippen molar-refractivity contribution in [1.29, 1.82) is 0 Å². The number of hydrogen-bond acceptors (Lipinski definition) is 5. The van der Waals surface area contributed by atoms with Crippen LogP contribution in [0.25, 0.3) is 16.9 Å². The van der Waals surface area contributed by atoms with E-state index in [0.29, 0.717) is 5.65 Å². The molecule has 0 aliphatic heterocycles. The number of anilines is 1. The minimum Gasteiger partial charge on any atom is -0.396 e. The van der Waals surface area contributed by atoms with Gasteiger partial charge in [-0.1, -0.05) is 6.08 Å². The number of aliphatic hydroxyl groups excluding tert-OH is 1. The van der Waals surface area contributed by atoms with E-state index in [4.69, 9.17) is 10.8 Å². The first-order valence-electron chi connectivity index (χ1n) is 5.74. The maximum Gasteiger partial charge on any atom is 0.280 e. The average Bonchev–Trinajstić information content (AvgIpc) is 2.93. The second-order valence-corrected chi connectivity index (χ2v) is 4.38. The Labute approximate surface area is 102 Å². The number of allylic oxidation sites excluding steroid dienone is 1. The molecule has 1 aliphatic rings. The number of aliphatic hydroxyl groups is 1. The van der Waals surface area contributed by atoms with Crippen LogP contribution in [-0.2, 0) is 0 Å². The lowest BCUT2D eigenvalue weighted by atomic mass is 10.1. The summed E-state index contributed by atoms with van der Waals surface area (Å²) in [6.45, 7) is 0.131. The van der Waals surface area contributed by atoms with Crippen molar-refractivity contribution >= 4 is 22.8 Å². The van der Waals surface area contributed by atoms with Crippen molar-refractivity contribution in [3.8, 4) is 0 Å². The number of imidazole rings is 1. The highest BCUT2D eigenvalue weighted by molar-refractivity contribution is 5.75. The molecule has 0 fully saturated rings. The number of nitrogens with one attached hydrogen (secondary N) is 1. The molecule has 0 aromatic carbocycles.